The highest BCUT2D eigenvalue weighted by Gasteiger charge is 2.21. The number of halogens is 2. The van der Waals surface area contributed by atoms with Gasteiger partial charge in [0.1, 0.15) is 0 Å². The maximum Gasteiger partial charge on any atom is 0.290 e. The molecule has 2 N–H and O–H groups in total. The third-order valence-corrected chi connectivity index (χ3v) is 5.03. The summed E-state index contributed by atoms with van der Waals surface area (Å²) in [6.07, 6.45) is 1.01. The van der Waals surface area contributed by atoms with Crippen molar-refractivity contribution in [2.45, 2.75) is 12.1 Å². The molecule has 1 aromatic heterocycles. The lowest BCUT2D eigenvalue weighted by molar-refractivity contribution is 0.0843. The van der Waals surface area contributed by atoms with E-state index in [1.54, 1.807) is 0 Å². The highest BCUT2D eigenvalue weighted by molar-refractivity contribution is 7.91. The van der Waals surface area contributed by atoms with Crippen molar-refractivity contribution in [3.8, 4) is 0 Å². The Hall–Kier alpha value is -2.23. The molecule has 11 heteroatoms. The van der Waals surface area contributed by atoms with Gasteiger partial charge in [0.15, 0.2) is 5.69 Å². The molecule has 1 heterocycles. The molecule has 0 aliphatic carbocycles. The van der Waals surface area contributed by atoms with Crippen LogP contribution in [0.4, 0.5) is 0 Å². The van der Waals surface area contributed by atoms with Crippen molar-refractivity contribution in [3.63, 3.8) is 0 Å². The van der Waals surface area contributed by atoms with E-state index in [1.807, 2.05) is 0 Å². The van der Waals surface area contributed by atoms with Gasteiger partial charge in [-0.2, -0.15) is 0 Å². The Bertz CT molecular complexity index is 917. The summed E-state index contributed by atoms with van der Waals surface area (Å²) in [6.45, 7) is 1.42. The average molecular weight is 403 g/mol. The molecule has 25 heavy (non-hydrogen) atoms. The van der Waals surface area contributed by atoms with E-state index in [1.165, 1.54) is 31.2 Å². The quantitative estimate of drug-likeness (QED) is 0.592. The minimum absolute atomic E-state index is 0.159. The van der Waals surface area contributed by atoms with E-state index >= 15 is 0 Å². The summed E-state index contributed by atoms with van der Waals surface area (Å²) in [5, 5.41) is -0.222. The summed E-state index contributed by atoms with van der Waals surface area (Å²) in [7, 11) is -3.71. The monoisotopic (exact) mass is 402 g/mol. The fourth-order valence-electron chi connectivity index (χ4n) is 1.64. The second kappa shape index (κ2) is 7.77. The van der Waals surface area contributed by atoms with Crippen LogP contribution in [-0.2, 0) is 9.84 Å². The van der Waals surface area contributed by atoms with Gasteiger partial charge in [0.05, 0.1) is 17.0 Å². The molecule has 0 aliphatic rings. The van der Waals surface area contributed by atoms with Crippen LogP contribution >= 0.6 is 23.2 Å². The van der Waals surface area contributed by atoms with Crippen molar-refractivity contribution < 1.29 is 18.0 Å². The maximum absolute atomic E-state index is 12.1. The first-order chi connectivity index (χ1) is 11.7. The largest absolute Gasteiger partial charge is 0.290 e. The molecule has 0 bridgehead atoms. The summed E-state index contributed by atoms with van der Waals surface area (Å²) in [5.74, 6) is -1.72. The van der Waals surface area contributed by atoms with Gasteiger partial charge in [-0.25, -0.2) is 18.4 Å². The molecule has 2 rings (SSSR count). The number of benzene rings is 1. The van der Waals surface area contributed by atoms with Crippen LogP contribution in [0, 0.1) is 0 Å². The van der Waals surface area contributed by atoms with Crippen LogP contribution < -0.4 is 10.9 Å². The third kappa shape index (κ3) is 4.65. The van der Waals surface area contributed by atoms with E-state index in [4.69, 9.17) is 23.2 Å². The maximum atomic E-state index is 12.1. The van der Waals surface area contributed by atoms with Crippen LogP contribution in [0.25, 0.3) is 0 Å². The number of aromatic nitrogens is 2. The second-order valence-corrected chi connectivity index (χ2v) is 7.68. The van der Waals surface area contributed by atoms with Crippen LogP contribution in [0.1, 0.15) is 27.8 Å². The topological polar surface area (TPSA) is 118 Å². The zero-order chi connectivity index (χ0) is 18.6. The molecule has 0 saturated carbocycles. The Kier molecular flexibility index (Phi) is 5.93. The molecular formula is C14H12Cl2N4O4S. The van der Waals surface area contributed by atoms with Crippen LogP contribution in [0.2, 0.25) is 10.0 Å². The smallest absolute Gasteiger partial charge is 0.267 e. The van der Waals surface area contributed by atoms with Crippen LogP contribution in [0.3, 0.4) is 0 Å². The predicted molar refractivity (Wildman–Crippen MR) is 91.2 cm³/mol. The van der Waals surface area contributed by atoms with Crippen molar-refractivity contribution in [2.24, 2.45) is 0 Å². The molecule has 2 amide bonds. The SMILES string of the molecule is CCS(=O)(=O)c1ncc(Cl)c(C(=O)NNC(=O)c2ccc(Cl)cc2)n1. The lowest BCUT2D eigenvalue weighted by atomic mass is 10.2. The van der Waals surface area contributed by atoms with Crippen molar-refractivity contribution >= 4 is 44.9 Å². The summed E-state index contributed by atoms with van der Waals surface area (Å²) in [6, 6.07) is 5.96. The van der Waals surface area contributed by atoms with Gasteiger partial charge in [-0.3, -0.25) is 20.4 Å². The summed E-state index contributed by atoms with van der Waals surface area (Å²) < 4.78 is 23.6. The van der Waals surface area contributed by atoms with E-state index < -0.39 is 26.8 Å². The van der Waals surface area contributed by atoms with Gasteiger partial charge in [0.25, 0.3) is 11.8 Å². The van der Waals surface area contributed by atoms with Gasteiger partial charge in [-0.15, -0.1) is 0 Å². The van der Waals surface area contributed by atoms with Crippen LogP contribution in [0.15, 0.2) is 35.6 Å². The average Bonchev–Trinajstić information content (AvgIpc) is 2.60. The molecular weight excluding hydrogens is 391 g/mol. The third-order valence-electron chi connectivity index (χ3n) is 2.99. The lowest BCUT2D eigenvalue weighted by Gasteiger charge is -2.09. The molecule has 0 aliphatic heterocycles. The first kappa shape index (κ1) is 19.1. The number of nitrogens with zero attached hydrogens (tertiary/aromatic N) is 2. The van der Waals surface area contributed by atoms with E-state index in [-0.39, 0.29) is 22.0 Å². The zero-order valence-corrected chi connectivity index (χ0v) is 15.1. The number of carbonyl (C=O) groups is 2. The zero-order valence-electron chi connectivity index (χ0n) is 12.8. The standard InChI is InChI=1S/C14H12Cl2N4O4S/c1-2-25(23,24)14-17-7-10(16)11(18-14)13(22)20-19-12(21)8-3-5-9(15)6-4-8/h3-7H,2H2,1H3,(H,19,21)(H,20,22). The van der Waals surface area contributed by atoms with E-state index in [0.29, 0.717) is 5.02 Å². The van der Waals surface area contributed by atoms with Crippen molar-refractivity contribution in [1.29, 1.82) is 0 Å². The highest BCUT2D eigenvalue weighted by atomic mass is 35.5. The predicted octanol–water partition coefficient (Wildman–Crippen LogP) is 1.65. The van der Waals surface area contributed by atoms with Gasteiger partial charge < -0.3 is 0 Å². The number of sulfone groups is 1. The summed E-state index contributed by atoms with van der Waals surface area (Å²) >= 11 is 11.6. The number of amides is 2. The number of hydrazine groups is 1. The molecule has 8 nitrogen and oxygen atoms in total. The molecule has 1 aromatic carbocycles. The molecule has 0 unspecified atom stereocenters. The Morgan fingerprint density at radius 1 is 1.08 bits per heavy atom. The molecule has 2 aromatic rings. The summed E-state index contributed by atoms with van der Waals surface area (Å²) in [5.41, 5.74) is 4.16. The van der Waals surface area contributed by atoms with Gasteiger partial charge in [0.2, 0.25) is 15.0 Å². The molecule has 0 atom stereocenters. The lowest BCUT2D eigenvalue weighted by Crippen LogP contribution is -2.42. The Labute approximate surface area is 153 Å². The molecule has 0 saturated heterocycles. The minimum Gasteiger partial charge on any atom is -0.267 e. The Morgan fingerprint density at radius 2 is 1.68 bits per heavy atom. The first-order valence-electron chi connectivity index (χ1n) is 6.86. The number of hydrogen-bond acceptors (Lipinski definition) is 6. The van der Waals surface area contributed by atoms with Crippen LogP contribution in [-0.4, -0.2) is 36.0 Å². The normalized spacial score (nSPS) is 11.0. The number of carbonyl (C=O) groups excluding carboxylic acids is 2. The summed E-state index contributed by atoms with van der Waals surface area (Å²) in [4.78, 5) is 31.3. The second-order valence-electron chi connectivity index (χ2n) is 4.67. The number of nitrogens with one attached hydrogen (secondary N) is 2. The minimum atomic E-state index is -3.71. The van der Waals surface area contributed by atoms with Gasteiger partial charge in [-0.1, -0.05) is 30.1 Å². The van der Waals surface area contributed by atoms with E-state index in [2.05, 4.69) is 20.8 Å². The van der Waals surface area contributed by atoms with E-state index in [0.717, 1.165) is 6.20 Å². The van der Waals surface area contributed by atoms with Gasteiger partial charge in [-0.05, 0) is 24.3 Å². The van der Waals surface area contributed by atoms with Gasteiger partial charge in [0, 0.05) is 10.6 Å². The Balaban J connectivity index is 2.14. The van der Waals surface area contributed by atoms with Crippen molar-refractivity contribution in [3.05, 3.63) is 51.8 Å². The first-order valence-corrected chi connectivity index (χ1v) is 9.27. The fraction of sp³-hybridized carbons (Fsp3) is 0.143. The van der Waals surface area contributed by atoms with Crippen molar-refractivity contribution in [2.75, 3.05) is 5.75 Å². The fourth-order valence-corrected chi connectivity index (χ4v) is 2.64. The molecule has 0 radical (unpaired) electrons. The van der Waals surface area contributed by atoms with Crippen LogP contribution in [0.5, 0.6) is 0 Å². The molecule has 0 spiro atoms. The van der Waals surface area contributed by atoms with Crippen molar-refractivity contribution in [1.82, 2.24) is 20.8 Å². The van der Waals surface area contributed by atoms with Gasteiger partial charge >= 0.3 is 0 Å². The Morgan fingerprint density at radius 3 is 2.28 bits per heavy atom. The number of rotatable bonds is 4. The van der Waals surface area contributed by atoms with E-state index in [9.17, 15) is 18.0 Å². The molecule has 0 fully saturated rings. The number of hydrogen-bond donors (Lipinski definition) is 2. The molecule has 132 valence electrons. The highest BCUT2D eigenvalue weighted by Crippen LogP contribution is 2.15.